The predicted octanol–water partition coefficient (Wildman–Crippen LogP) is 6.59. The van der Waals surface area contributed by atoms with Gasteiger partial charge in [-0.15, -0.1) is 0 Å². The van der Waals surface area contributed by atoms with Gasteiger partial charge in [0.15, 0.2) is 17.2 Å². The summed E-state index contributed by atoms with van der Waals surface area (Å²) in [7, 11) is 0. The number of nitrogens with one attached hydrogen (secondary N) is 1. The number of halogens is 3. The molecule has 33 heavy (non-hydrogen) atoms. The van der Waals surface area contributed by atoms with E-state index in [9.17, 15) is 18.0 Å². The van der Waals surface area contributed by atoms with E-state index in [-0.39, 0.29) is 17.5 Å². The summed E-state index contributed by atoms with van der Waals surface area (Å²) in [6.45, 7) is 2.20. The van der Waals surface area contributed by atoms with Crippen molar-refractivity contribution in [3.63, 3.8) is 0 Å². The number of rotatable bonds is 3. The van der Waals surface area contributed by atoms with Gasteiger partial charge in [0.05, 0.1) is 0 Å². The Kier molecular flexibility index (Phi) is 5.28. The van der Waals surface area contributed by atoms with Crippen LogP contribution >= 0.6 is 0 Å². The zero-order valence-corrected chi connectivity index (χ0v) is 17.7. The van der Waals surface area contributed by atoms with Gasteiger partial charge in [0.2, 0.25) is 5.89 Å². The van der Waals surface area contributed by atoms with Crippen molar-refractivity contribution in [2.24, 2.45) is 0 Å². The van der Waals surface area contributed by atoms with Gasteiger partial charge in [0, 0.05) is 18.3 Å². The standard InChI is InChI=1S/C25H20F3N3O2/c1-14-11-15(4-7-18(14)26)16-5-9-23-21(12-16)30-24(33-23)22-3-2-10-31(22)25(32)29-17-6-8-19(27)20(28)13-17/h4-9,11-13,22H,2-3,10H2,1H3,(H,29,32)/t22-/m1/s1. The lowest BCUT2D eigenvalue weighted by Gasteiger charge is -2.22. The fourth-order valence-corrected chi connectivity index (χ4v) is 4.13. The van der Waals surface area contributed by atoms with Gasteiger partial charge in [-0.3, -0.25) is 0 Å². The number of oxazole rings is 1. The summed E-state index contributed by atoms with van der Waals surface area (Å²) in [6, 6.07) is 12.9. The number of anilines is 1. The topological polar surface area (TPSA) is 58.4 Å². The highest BCUT2D eigenvalue weighted by molar-refractivity contribution is 5.90. The molecule has 1 N–H and O–H groups in total. The van der Waals surface area contributed by atoms with E-state index < -0.39 is 17.7 Å². The van der Waals surface area contributed by atoms with Gasteiger partial charge in [-0.05, 0) is 72.9 Å². The van der Waals surface area contributed by atoms with Gasteiger partial charge in [0.25, 0.3) is 0 Å². The van der Waals surface area contributed by atoms with Crippen LogP contribution in [-0.2, 0) is 0 Å². The first-order chi connectivity index (χ1) is 15.9. The molecule has 1 aromatic heterocycles. The van der Waals surface area contributed by atoms with E-state index in [1.807, 2.05) is 12.1 Å². The zero-order chi connectivity index (χ0) is 23.1. The number of aromatic nitrogens is 1. The number of hydrogen-bond acceptors (Lipinski definition) is 3. The summed E-state index contributed by atoms with van der Waals surface area (Å²) in [5.74, 6) is -1.85. The molecule has 0 saturated carbocycles. The Labute approximate surface area is 187 Å². The molecular weight excluding hydrogens is 431 g/mol. The number of hydrogen-bond donors (Lipinski definition) is 1. The molecular formula is C25H20F3N3O2. The van der Waals surface area contributed by atoms with E-state index in [1.165, 1.54) is 12.1 Å². The maximum atomic E-state index is 13.6. The smallest absolute Gasteiger partial charge is 0.322 e. The monoisotopic (exact) mass is 451 g/mol. The quantitative estimate of drug-likeness (QED) is 0.382. The van der Waals surface area contributed by atoms with Gasteiger partial charge < -0.3 is 14.6 Å². The highest BCUT2D eigenvalue weighted by Crippen LogP contribution is 2.35. The normalized spacial score (nSPS) is 15.9. The maximum absolute atomic E-state index is 13.6. The molecule has 8 heteroatoms. The highest BCUT2D eigenvalue weighted by Gasteiger charge is 2.33. The number of aryl methyl sites for hydroxylation is 1. The third kappa shape index (κ3) is 4.04. The van der Waals surface area contributed by atoms with Crippen LogP contribution in [0.3, 0.4) is 0 Å². The average Bonchev–Trinajstić information content (AvgIpc) is 3.44. The first kappa shape index (κ1) is 21.1. The molecule has 0 radical (unpaired) electrons. The second-order valence-electron chi connectivity index (χ2n) is 8.11. The van der Waals surface area contributed by atoms with E-state index >= 15 is 0 Å². The lowest BCUT2D eigenvalue weighted by molar-refractivity contribution is 0.199. The van der Waals surface area contributed by atoms with Crippen molar-refractivity contribution in [2.45, 2.75) is 25.8 Å². The van der Waals surface area contributed by atoms with Gasteiger partial charge in [-0.1, -0.05) is 12.1 Å². The van der Waals surface area contributed by atoms with E-state index in [0.29, 0.717) is 35.5 Å². The molecule has 2 amide bonds. The van der Waals surface area contributed by atoms with Gasteiger partial charge in [-0.2, -0.15) is 0 Å². The van der Waals surface area contributed by atoms with Crippen LogP contribution in [0.4, 0.5) is 23.7 Å². The van der Waals surface area contributed by atoms with Crippen molar-refractivity contribution in [3.05, 3.63) is 83.5 Å². The van der Waals surface area contributed by atoms with Crippen molar-refractivity contribution in [1.29, 1.82) is 0 Å². The Balaban J connectivity index is 1.39. The Hall–Kier alpha value is -3.81. The van der Waals surface area contributed by atoms with Crippen LogP contribution in [0.15, 0.2) is 59.0 Å². The first-order valence-corrected chi connectivity index (χ1v) is 10.6. The van der Waals surface area contributed by atoms with E-state index in [4.69, 9.17) is 4.42 Å². The molecule has 1 atom stereocenters. The molecule has 0 bridgehead atoms. The third-order valence-corrected chi connectivity index (χ3v) is 5.86. The number of nitrogens with zero attached hydrogens (tertiary/aromatic N) is 2. The number of amides is 2. The number of benzene rings is 3. The minimum Gasteiger partial charge on any atom is -0.438 e. The fourth-order valence-electron chi connectivity index (χ4n) is 4.13. The average molecular weight is 451 g/mol. The van der Waals surface area contributed by atoms with Gasteiger partial charge in [0.1, 0.15) is 17.4 Å². The molecule has 1 fully saturated rings. The second-order valence-corrected chi connectivity index (χ2v) is 8.11. The van der Waals surface area contributed by atoms with Crippen LogP contribution in [0, 0.1) is 24.4 Å². The summed E-state index contributed by atoms with van der Waals surface area (Å²) in [5.41, 5.74) is 3.69. The van der Waals surface area contributed by atoms with Crippen LogP contribution in [-0.4, -0.2) is 22.5 Å². The molecule has 0 aliphatic carbocycles. The van der Waals surface area contributed by atoms with Crippen molar-refractivity contribution in [1.82, 2.24) is 9.88 Å². The van der Waals surface area contributed by atoms with Crippen molar-refractivity contribution < 1.29 is 22.4 Å². The van der Waals surface area contributed by atoms with E-state index in [2.05, 4.69) is 10.3 Å². The predicted molar refractivity (Wildman–Crippen MR) is 118 cm³/mol. The fraction of sp³-hybridized carbons (Fsp3) is 0.200. The second kappa shape index (κ2) is 8.27. The lowest BCUT2D eigenvalue weighted by atomic mass is 10.0. The van der Waals surface area contributed by atoms with E-state index in [0.717, 1.165) is 29.7 Å². The highest BCUT2D eigenvalue weighted by atomic mass is 19.2. The number of carbonyl (C=O) groups is 1. The summed E-state index contributed by atoms with van der Waals surface area (Å²) in [5, 5.41) is 2.61. The van der Waals surface area contributed by atoms with Crippen molar-refractivity contribution in [3.8, 4) is 11.1 Å². The summed E-state index contributed by atoms with van der Waals surface area (Å²) < 4.78 is 46.2. The van der Waals surface area contributed by atoms with Crippen molar-refractivity contribution >= 4 is 22.8 Å². The van der Waals surface area contributed by atoms with Crippen LogP contribution < -0.4 is 5.32 Å². The summed E-state index contributed by atoms with van der Waals surface area (Å²) >= 11 is 0. The molecule has 1 saturated heterocycles. The summed E-state index contributed by atoms with van der Waals surface area (Å²) in [4.78, 5) is 19.0. The minimum absolute atomic E-state index is 0.168. The molecule has 1 aliphatic heterocycles. The lowest BCUT2D eigenvalue weighted by Crippen LogP contribution is -2.34. The third-order valence-electron chi connectivity index (χ3n) is 5.86. The number of fused-ring (bicyclic) bond motifs is 1. The first-order valence-electron chi connectivity index (χ1n) is 10.6. The summed E-state index contributed by atoms with van der Waals surface area (Å²) in [6.07, 6.45) is 1.43. The van der Waals surface area contributed by atoms with Crippen LogP contribution in [0.25, 0.3) is 22.2 Å². The Morgan fingerprint density at radius 2 is 1.76 bits per heavy atom. The maximum Gasteiger partial charge on any atom is 0.322 e. The van der Waals surface area contributed by atoms with Crippen LogP contribution in [0.1, 0.15) is 30.3 Å². The van der Waals surface area contributed by atoms with Crippen LogP contribution in [0.2, 0.25) is 0 Å². The Morgan fingerprint density at radius 1 is 1.00 bits per heavy atom. The molecule has 4 aromatic rings. The zero-order valence-electron chi connectivity index (χ0n) is 17.7. The molecule has 2 heterocycles. The molecule has 3 aromatic carbocycles. The van der Waals surface area contributed by atoms with E-state index in [1.54, 1.807) is 30.0 Å². The number of carbonyl (C=O) groups excluding carboxylic acids is 1. The molecule has 0 unspecified atom stereocenters. The SMILES string of the molecule is Cc1cc(-c2ccc3oc([C@H]4CCCN4C(=O)Nc4ccc(F)c(F)c4)nc3c2)ccc1F. The molecule has 0 spiro atoms. The molecule has 5 nitrogen and oxygen atoms in total. The van der Waals surface area contributed by atoms with Crippen LogP contribution in [0.5, 0.6) is 0 Å². The largest absolute Gasteiger partial charge is 0.438 e. The number of urea groups is 1. The molecule has 168 valence electrons. The van der Waals surface area contributed by atoms with Crippen molar-refractivity contribution in [2.75, 3.05) is 11.9 Å². The Bertz CT molecular complexity index is 1370. The molecule has 1 aliphatic rings. The Morgan fingerprint density at radius 3 is 2.55 bits per heavy atom. The minimum atomic E-state index is -1.03. The van der Waals surface area contributed by atoms with Gasteiger partial charge >= 0.3 is 6.03 Å². The number of likely N-dealkylation sites (tertiary alicyclic amines) is 1. The molecule has 5 rings (SSSR count). The van der Waals surface area contributed by atoms with Gasteiger partial charge in [-0.25, -0.2) is 22.9 Å².